The van der Waals surface area contributed by atoms with Crippen LogP contribution in [-0.4, -0.2) is 41.1 Å². The number of nitrogens with zero attached hydrogens (tertiary/aromatic N) is 2. The van der Waals surface area contributed by atoms with Crippen molar-refractivity contribution >= 4 is 11.9 Å². The van der Waals surface area contributed by atoms with Gasteiger partial charge in [0.25, 0.3) is 0 Å². The largest absolute Gasteiger partial charge is 0.480 e. The molecule has 1 N–H and O–H groups in total. The van der Waals surface area contributed by atoms with E-state index in [0.29, 0.717) is 4.90 Å². The van der Waals surface area contributed by atoms with Crippen LogP contribution in [0.3, 0.4) is 0 Å². The molecule has 1 fully saturated rings. The standard InChI is InChI=1S/C8H7F3N2O3/c9-8(10,11)5(14)13-2-1-7(3-12,4-13)6(15)16/h1-2,4H2,(H,15,16). The van der Waals surface area contributed by atoms with Gasteiger partial charge in [-0.15, -0.1) is 0 Å². The Labute approximate surface area is 88.1 Å². The van der Waals surface area contributed by atoms with Crippen LogP contribution in [0.15, 0.2) is 0 Å². The maximum atomic E-state index is 12.0. The summed E-state index contributed by atoms with van der Waals surface area (Å²) in [5.41, 5.74) is -1.92. The van der Waals surface area contributed by atoms with Crippen molar-refractivity contribution in [2.45, 2.75) is 12.6 Å². The number of aliphatic carboxylic acids is 1. The first-order valence-electron chi connectivity index (χ1n) is 4.24. The van der Waals surface area contributed by atoms with Crippen molar-refractivity contribution in [3.63, 3.8) is 0 Å². The number of amides is 1. The number of alkyl halides is 3. The van der Waals surface area contributed by atoms with Crippen LogP contribution in [0, 0.1) is 16.7 Å². The second kappa shape index (κ2) is 3.66. The number of halogens is 3. The van der Waals surface area contributed by atoms with Crippen molar-refractivity contribution in [2.75, 3.05) is 13.1 Å². The van der Waals surface area contributed by atoms with Gasteiger partial charge in [0.05, 0.1) is 12.6 Å². The molecule has 1 aliphatic heterocycles. The van der Waals surface area contributed by atoms with Gasteiger partial charge >= 0.3 is 18.1 Å². The summed E-state index contributed by atoms with van der Waals surface area (Å²) in [6.45, 7) is -1.10. The van der Waals surface area contributed by atoms with Gasteiger partial charge in [-0.25, -0.2) is 0 Å². The number of hydrogen-bond donors (Lipinski definition) is 1. The molecular weight excluding hydrogens is 229 g/mol. The molecule has 1 amide bonds. The van der Waals surface area contributed by atoms with E-state index in [1.54, 1.807) is 0 Å². The minimum absolute atomic E-state index is 0.291. The molecule has 0 saturated carbocycles. The van der Waals surface area contributed by atoms with E-state index in [1.165, 1.54) is 6.07 Å². The number of rotatable bonds is 1. The third-order valence-electron chi connectivity index (χ3n) is 2.42. The van der Waals surface area contributed by atoms with Crippen molar-refractivity contribution in [1.82, 2.24) is 4.90 Å². The van der Waals surface area contributed by atoms with Crippen molar-refractivity contribution < 1.29 is 27.9 Å². The Morgan fingerprint density at radius 1 is 1.44 bits per heavy atom. The second-order valence-electron chi connectivity index (χ2n) is 3.47. The molecule has 0 aromatic heterocycles. The van der Waals surface area contributed by atoms with Gasteiger partial charge in [0.1, 0.15) is 0 Å². The topological polar surface area (TPSA) is 81.4 Å². The molecular formula is C8H7F3N2O3. The van der Waals surface area contributed by atoms with Crippen molar-refractivity contribution in [2.24, 2.45) is 5.41 Å². The molecule has 0 aromatic carbocycles. The molecule has 5 nitrogen and oxygen atoms in total. The lowest BCUT2D eigenvalue weighted by Gasteiger charge is -2.19. The highest BCUT2D eigenvalue weighted by atomic mass is 19.4. The highest BCUT2D eigenvalue weighted by molar-refractivity contribution is 5.85. The monoisotopic (exact) mass is 236 g/mol. The van der Waals surface area contributed by atoms with Gasteiger partial charge in [-0.3, -0.25) is 9.59 Å². The number of carboxylic acid groups (broad SMARTS) is 1. The SMILES string of the molecule is N#CC1(C(=O)O)CCN(C(=O)C(F)(F)F)C1. The fraction of sp³-hybridized carbons (Fsp3) is 0.625. The average molecular weight is 236 g/mol. The summed E-state index contributed by atoms with van der Waals surface area (Å²) in [4.78, 5) is 21.9. The zero-order chi connectivity index (χ0) is 12.6. The summed E-state index contributed by atoms with van der Waals surface area (Å²) < 4.78 is 36.1. The lowest BCUT2D eigenvalue weighted by Crippen LogP contribution is -2.42. The number of carbonyl (C=O) groups is 2. The number of carboxylic acids is 1. The predicted octanol–water partition coefficient (Wildman–Crippen LogP) is 0.376. The Morgan fingerprint density at radius 3 is 2.31 bits per heavy atom. The molecule has 0 bridgehead atoms. The van der Waals surface area contributed by atoms with Crippen molar-refractivity contribution in [3.8, 4) is 6.07 Å². The number of nitriles is 1. The van der Waals surface area contributed by atoms with E-state index in [1.807, 2.05) is 0 Å². The fourth-order valence-electron chi connectivity index (χ4n) is 1.48. The molecule has 0 spiro atoms. The molecule has 1 atom stereocenters. The first-order chi connectivity index (χ1) is 7.23. The minimum atomic E-state index is -5.04. The maximum absolute atomic E-state index is 12.0. The quantitative estimate of drug-likeness (QED) is 0.713. The van der Waals surface area contributed by atoms with Crippen LogP contribution < -0.4 is 0 Å². The molecule has 16 heavy (non-hydrogen) atoms. The van der Waals surface area contributed by atoms with Gasteiger partial charge in [-0.05, 0) is 6.42 Å². The van der Waals surface area contributed by atoms with Gasteiger partial charge in [-0.1, -0.05) is 0 Å². The van der Waals surface area contributed by atoms with Crippen molar-refractivity contribution in [3.05, 3.63) is 0 Å². The smallest absolute Gasteiger partial charge is 0.471 e. The molecule has 88 valence electrons. The van der Waals surface area contributed by atoms with Gasteiger partial charge in [0.15, 0.2) is 5.41 Å². The first-order valence-corrected chi connectivity index (χ1v) is 4.24. The van der Waals surface area contributed by atoms with E-state index in [2.05, 4.69) is 0 Å². The van der Waals surface area contributed by atoms with Gasteiger partial charge < -0.3 is 10.0 Å². The Morgan fingerprint density at radius 2 is 2.00 bits per heavy atom. The van der Waals surface area contributed by atoms with Crippen LogP contribution in [0.2, 0.25) is 0 Å². The number of hydrogen-bond acceptors (Lipinski definition) is 3. The van der Waals surface area contributed by atoms with Crippen molar-refractivity contribution in [1.29, 1.82) is 5.26 Å². The molecule has 1 unspecified atom stereocenters. The predicted molar refractivity (Wildman–Crippen MR) is 42.9 cm³/mol. The van der Waals surface area contributed by atoms with E-state index in [9.17, 15) is 22.8 Å². The maximum Gasteiger partial charge on any atom is 0.471 e. The molecule has 0 aromatic rings. The van der Waals surface area contributed by atoms with Crippen LogP contribution in [0.25, 0.3) is 0 Å². The van der Waals surface area contributed by atoms with Crippen LogP contribution in [0.1, 0.15) is 6.42 Å². The van der Waals surface area contributed by atoms with Crippen LogP contribution in [-0.2, 0) is 9.59 Å². The Hall–Kier alpha value is -1.78. The molecule has 1 rings (SSSR count). The summed E-state index contributed by atoms with van der Waals surface area (Å²) in [6, 6.07) is 1.45. The first kappa shape index (κ1) is 12.3. The number of carbonyl (C=O) groups excluding carboxylic acids is 1. The summed E-state index contributed by atoms with van der Waals surface area (Å²) >= 11 is 0. The average Bonchev–Trinajstić information content (AvgIpc) is 2.60. The zero-order valence-corrected chi connectivity index (χ0v) is 7.91. The third-order valence-corrected chi connectivity index (χ3v) is 2.42. The summed E-state index contributed by atoms with van der Waals surface area (Å²) in [5, 5.41) is 17.4. The minimum Gasteiger partial charge on any atom is -0.480 e. The van der Waals surface area contributed by atoms with E-state index < -0.39 is 30.0 Å². The Kier molecular flexibility index (Phi) is 2.81. The van der Waals surface area contributed by atoms with E-state index >= 15 is 0 Å². The summed E-state index contributed by atoms with van der Waals surface area (Å²) in [6.07, 6.45) is -5.33. The van der Waals surface area contributed by atoms with E-state index in [0.717, 1.165) is 0 Å². The number of likely N-dealkylation sites (tertiary alicyclic amines) is 1. The molecule has 1 aliphatic rings. The molecule has 8 heteroatoms. The third kappa shape index (κ3) is 1.93. The lowest BCUT2D eigenvalue weighted by atomic mass is 9.89. The Balaban J connectivity index is 2.85. The summed E-state index contributed by atoms with van der Waals surface area (Å²) in [7, 11) is 0. The summed E-state index contributed by atoms with van der Waals surface area (Å²) in [5.74, 6) is -3.61. The lowest BCUT2D eigenvalue weighted by molar-refractivity contribution is -0.184. The molecule has 1 heterocycles. The highest BCUT2D eigenvalue weighted by Gasteiger charge is 2.52. The molecule has 0 aliphatic carbocycles. The van der Waals surface area contributed by atoms with Gasteiger partial charge in [0, 0.05) is 6.54 Å². The van der Waals surface area contributed by atoms with Gasteiger partial charge in [-0.2, -0.15) is 18.4 Å². The zero-order valence-electron chi connectivity index (χ0n) is 7.91. The second-order valence-corrected chi connectivity index (χ2v) is 3.47. The van der Waals surface area contributed by atoms with Crippen LogP contribution >= 0.6 is 0 Å². The van der Waals surface area contributed by atoms with Gasteiger partial charge in [0.2, 0.25) is 0 Å². The fourth-order valence-corrected chi connectivity index (χ4v) is 1.48. The van der Waals surface area contributed by atoms with E-state index in [-0.39, 0.29) is 13.0 Å². The van der Waals surface area contributed by atoms with E-state index in [4.69, 9.17) is 10.4 Å². The molecule has 1 saturated heterocycles. The highest BCUT2D eigenvalue weighted by Crippen LogP contribution is 2.32. The van der Waals surface area contributed by atoms with Crippen LogP contribution in [0.5, 0.6) is 0 Å². The normalized spacial score (nSPS) is 25.2. The van der Waals surface area contributed by atoms with Crippen LogP contribution in [0.4, 0.5) is 13.2 Å². The molecule has 0 radical (unpaired) electrons. The Bertz CT molecular complexity index is 374.